The molecule has 3 heterocycles. The maximum atomic E-state index is 12.9. The van der Waals surface area contributed by atoms with Gasteiger partial charge in [0.15, 0.2) is 0 Å². The Bertz CT molecular complexity index is 554. The van der Waals surface area contributed by atoms with Gasteiger partial charge in [-0.2, -0.15) is 0 Å². The number of piperazine rings is 1. The van der Waals surface area contributed by atoms with E-state index >= 15 is 0 Å². The second-order valence-electron chi connectivity index (χ2n) is 6.39. The Kier molecular flexibility index (Phi) is 5.40. The molecule has 7 nitrogen and oxygen atoms in total. The van der Waals surface area contributed by atoms with Gasteiger partial charge in [0, 0.05) is 39.3 Å². The van der Waals surface area contributed by atoms with Crippen molar-refractivity contribution in [2.75, 3.05) is 39.3 Å². The molecule has 3 amide bonds. The van der Waals surface area contributed by atoms with Crippen molar-refractivity contribution in [2.45, 2.75) is 32.4 Å². The first kappa shape index (κ1) is 16.8. The molecule has 0 radical (unpaired) electrons. The smallest absolute Gasteiger partial charge is 0.318 e. The van der Waals surface area contributed by atoms with E-state index in [9.17, 15) is 9.59 Å². The van der Waals surface area contributed by atoms with Crippen LogP contribution in [0.3, 0.4) is 0 Å². The molecule has 1 N–H and O–H groups in total. The van der Waals surface area contributed by atoms with Gasteiger partial charge in [0.25, 0.3) is 0 Å². The molecule has 0 spiro atoms. The molecule has 0 aliphatic carbocycles. The summed E-state index contributed by atoms with van der Waals surface area (Å²) in [5.74, 6) is 0.955. The lowest BCUT2D eigenvalue weighted by atomic mass is 10.1. The fourth-order valence-electron chi connectivity index (χ4n) is 3.46. The molecule has 1 aromatic rings. The monoisotopic (exact) mass is 334 g/mol. The van der Waals surface area contributed by atoms with Crippen LogP contribution in [-0.4, -0.2) is 71.9 Å². The van der Waals surface area contributed by atoms with Crippen molar-refractivity contribution in [1.82, 2.24) is 20.0 Å². The van der Waals surface area contributed by atoms with Crippen LogP contribution in [0, 0.1) is 0 Å². The van der Waals surface area contributed by atoms with E-state index in [1.165, 1.54) is 0 Å². The molecule has 3 rings (SSSR count). The number of hydrogen-bond acceptors (Lipinski definition) is 4. The van der Waals surface area contributed by atoms with Crippen LogP contribution in [0.4, 0.5) is 4.79 Å². The lowest BCUT2D eigenvalue weighted by Gasteiger charge is -2.41. The number of hydrogen-bond donors (Lipinski definition) is 1. The Morgan fingerprint density at radius 1 is 1.25 bits per heavy atom. The van der Waals surface area contributed by atoms with Gasteiger partial charge >= 0.3 is 6.03 Å². The average Bonchev–Trinajstić information content (AvgIpc) is 3.28. The number of amides is 3. The highest BCUT2D eigenvalue weighted by Crippen LogP contribution is 2.18. The molecule has 1 aromatic heterocycles. The zero-order valence-electron chi connectivity index (χ0n) is 14.2. The van der Waals surface area contributed by atoms with Crippen LogP contribution in [-0.2, 0) is 11.3 Å². The molecule has 2 fully saturated rings. The first-order valence-corrected chi connectivity index (χ1v) is 8.77. The molecule has 1 unspecified atom stereocenters. The second-order valence-corrected chi connectivity index (χ2v) is 6.39. The van der Waals surface area contributed by atoms with Gasteiger partial charge in [-0.05, 0) is 31.9 Å². The van der Waals surface area contributed by atoms with Crippen LogP contribution >= 0.6 is 0 Å². The number of rotatable bonds is 4. The van der Waals surface area contributed by atoms with E-state index in [2.05, 4.69) is 10.2 Å². The van der Waals surface area contributed by atoms with Gasteiger partial charge in [0.05, 0.1) is 12.8 Å². The van der Waals surface area contributed by atoms with Gasteiger partial charge in [-0.15, -0.1) is 0 Å². The zero-order chi connectivity index (χ0) is 16.9. The van der Waals surface area contributed by atoms with E-state index in [0.717, 1.165) is 38.2 Å². The lowest BCUT2D eigenvalue weighted by molar-refractivity contribution is -0.137. The molecule has 24 heavy (non-hydrogen) atoms. The third-order valence-electron chi connectivity index (χ3n) is 4.72. The van der Waals surface area contributed by atoms with Crippen molar-refractivity contribution in [3.63, 3.8) is 0 Å². The summed E-state index contributed by atoms with van der Waals surface area (Å²) in [6.45, 7) is 6.57. The Labute approximate surface area is 142 Å². The molecule has 2 aliphatic rings. The summed E-state index contributed by atoms with van der Waals surface area (Å²) in [5.41, 5.74) is 0. The summed E-state index contributed by atoms with van der Waals surface area (Å²) in [6, 6.07) is 3.24. The Hall–Kier alpha value is -2.02. The first-order valence-electron chi connectivity index (χ1n) is 8.77. The maximum Gasteiger partial charge on any atom is 0.318 e. The minimum absolute atomic E-state index is 0.0721. The minimum atomic E-state index is -0.418. The number of carbonyl (C=O) groups excluding carboxylic acids is 2. The number of nitrogens with zero attached hydrogens (tertiary/aromatic N) is 3. The second kappa shape index (κ2) is 7.70. The van der Waals surface area contributed by atoms with E-state index < -0.39 is 6.04 Å². The standard InChI is InChI=1S/C17H26N4O3/c1-2-18-17(23)21-10-9-19(12-14-6-5-11-24-14)13-15(21)16(22)20-7-3-4-8-20/h5-6,11,15H,2-4,7-10,12-13H2,1H3,(H,18,23). The number of nitrogens with one attached hydrogen (secondary N) is 1. The van der Waals surface area contributed by atoms with E-state index in [4.69, 9.17) is 4.42 Å². The van der Waals surface area contributed by atoms with Gasteiger partial charge in [-0.25, -0.2) is 4.79 Å². The summed E-state index contributed by atoms with van der Waals surface area (Å²) < 4.78 is 5.41. The highest BCUT2D eigenvalue weighted by Gasteiger charge is 2.38. The molecule has 2 aliphatic heterocycles. The van der Waals surface area contributed by atoms with Crippen molar-refractivity contribution in [3.05, 3.63) is 24.2 Å². The quantitative estimate of drug-likeness (QED) is 0.896. The van der Waals surface area contributed by atoms with Crippen LogP contribution < -0.4 is 5.32 Å². The summed E-state index contributed by atoms with van der Waals surface area (Å²) in [4.78, 5) is 31.1. The largest absolute Gasteiger partial charge is 0.468 e. The summed E-state index contributed by atoms with van der Waals surface area (Å²) in [7, 11) is 0. The molecule has 1 atom stereocenters. The first-order chi connectivity index (χ1) is 11.7. The van der Waals surface area contributed by atoms with Gasteiger partial charge in [-0.1, -0.05) is 0 Å². The van der Waals surface area contributed by atoms with E-state index in [1.807, 2.05) is 24.0 Å². The van der Waals surface area contributed by atoms with Crippen molar-refractivity contribution in [2.24, 2.45) is 0 Å². The highest BCUT2D eigenvalue weighted by atomic mass is 16.3. The van der Waals surface area contributed by atoms with Crippen molar-refractivity contribution >= 4 is 11.9 Å². The third-order valence-corrected chi connectivity index (χ3v) is 4.72. The van der Waals surface area contributed by atoms with E-state index in [-0.39, 0.29) is 11.9 Å². The van der Waals surface area contributed by atoms with Gasteiger partial charge in [0.2, 0.25) is 5.91 Å². The zero-order valence-corrected chi connectivity index (χ0v) is 14.2. The predicted octanol–water partition coefficient (Wildman–Crippen LogP) is 1.12. The van der Waals surface area contributed by atoms with Crippen molar-refractivity contribution in [1.29, 1.82) is 0 Å². The number of likely N-dealkylation sites (tertiary alicyclic amines) is 1. The molecule has 2 saturated heterocycles. The molecule has 0 saturated carbocycles. The lowest BCUT2D eigenvalue weighted by Crippen LogP contribution is -2.62. The van der Waals surface area contributed by atoms with Crippen molar-refractivity contribution < 1.29 is 14.0 Å². The molecule has 7 heteroatoms. The van der Waals surface area contributed by atoms with Crippen molar-refractivity contribution in [3.8, 4) is 0 Å². The van der Waals surface area contributed by atoms with Crippen LogP contribution in [0.1, 0.15) is 25.5 Å². The number of furan rings is 1. The highest BCUT2D eigenvalue weighted by molar-refractivity contribution is 5.87. The Morgan fingerprint density at radius 2 is 2.04 bits per heavy atom. The molecule has 132 valence electrons. The van der Waals surface area contributed by atoms with E-state index in [0.29, 0.717) is 26.2 Å². The van der Waals surface area contributed by atoms with Crippen LogP contribution in [0.15, 0.2) is 22.8 Å². The number of urea groups is 1. The Balaban J connectivity index is 1.70. The van der Waals surface area contributed by atoms with Crippen LogP contribution in [0.5, 0.6) is 0 Å². The van der Waals surface area contributed by atoms with E-state index in [1.54, 1.807) is 11.2 Å². The SMILES string of the molecule is CCNC(=O)N1CCN(Cc2ccco2)CC1C(=O)N1CCCC1. The third kappa shape index (κ3) is 3.72. The summed E-state index contributed by atoms with van der Waals surface area (Å²) >= 11 is 0. The summed E-state index contributed by atoms with van der Waals surface area (Å²) in [6.07, 6.45) is 3.76. The average molecular weight is 334 g/mol. The predicted molar refractivity (Wildman–Crippen MR) is 89.4 cm³/mol. The fourth-order valence-corrected chi connectivity index (χ4v) is 3.46. The summed E-state index contributed by atoms with van der Waals surface area (Å²) in [5, 5.41) is 2.83. The Morgan fingerprint density at radius 3 is 2.71 bits per heavy atom. The molecular formula is C17H26N4O3. The van der Waals surface area contributed by atoms with Gasteiger partial charge in [0.1, 0.15) is 11.8 Å². The van der Waals surface area contributed by atoms with Gasteiger partial charge in [-0.3, -0.25) is 9.69 Å². The minimum Gasteiger partial charge on any atom is -0.468 e. The number of carbonyl (C=O) groups is 2. The van der Waals surface area contributed by atoms with Gasteiger partial charge < -0.3 is 19.5 Å². The fraction of sp³-hybridized carbons (Fsp3) is 0.647. The molecule has 0 aromatic carbocycles. The normalized spacial score (nSPS) is 22.0. The topological polar surface area (TPSA) is 69.0 Å². The van der Waals surface area contributed by atoms with Crippen LogP contribution in [0.2, 0.25) is 0 Å². The van der Waals surface area contributed by atoms with Crippen LogP contribution in [0.25, 0.3) is 0 Å². The maximum absolute atomic E-state index is 12.9. The molecular weight excluding hydrogens is 308 g/mol. The molecule has 0 bridgehead atoms.